The molecule has 1 aliphatic carbocycles. The maximum Gasteiger partial charge on any atom is 0.264 e. The van der Waals surface area contributed by atoms with Crippen molar-refractivity contribution in [3.63, 3.8) is 0 Å². The molecule has 5 heteroatoms. The average Bonchev–Trinajstić information content (AvgIpc) is 3.43. The van der Waals surface area contributed by atoms with Gasteiger partial charge in [0.05, 0.1) is 4.88 Å². The van der Waals surface area contributed by atoms with Gasteiger partial charge in [0.25, 0.3) is 11.8 Å². The molecule has 0 unspecified atom stereocenters. The predicted molar refractivity (Wildman–Crippen MR) is 105 cm³/mol. The van der Waals surface area contributed by atoms with Crippen LogP contribution in [-0.2, 0) is 6.54 Å². The Balaban J connectivity index is 1.55. The van der Waals surface area contributed by atoms with Gasteiger partial charge in [0.1, 0.15) is 0 Å². The summed E-state index contributed by atoms with van der Waals surface area (Å²) in [4.78, 5) is 27.5. The van der Waals surface area contributed by atoms with Crippen LogP contribution in [0.2, 0.25) is 0 Å². The van der Waals surface area contributed by atoms with Gasteiger partial charge in [-0.2, -0.15) is 0 Å². The van der Waals surface area contributed by atoms with E-state index in [1.54, 1.807) is 18.4 Å². The predicted octanol–water partition coefficient (Wildman–Crippen LogP) is 4.07. The lowest BCUT2D eigenvalue weighted by molar-refractivity contribution is 0.0734. The Morgan fingerprint density at radius 2 is 1.85 bits per heavy atom. The van der Waals surface area contributed by atoms with Crippen molar-refractivity contribution in [2.45, 2.75) is 25.4 Å². The summed E-state index contributed by atoms with van der Waals surface area (Å²) in [6.07, 6.45) is 2.12. The largest absolute Gasteiger partial charge is 0.355 e. The third-order valence-electron chi connectivity index (χ3n) is 4.68. The summed E-state index contributed by atoms with van der Waals surface area (Å²) in [5.41, 5.74) is 1.67. The molecule has 0 radical (unpaired) electrons. The zero-order valence-corrected chi connectivity index (χ0v) is 15.4. The number of amides is 2. The Bertz CT molecular complexity index is 925. The number of thiophene rings is 1. The Morgan fingerprint density at radius 3 is 2.50 bits per heavy atom. The lowest BCUT2D eigenvalue weighted by atomic mass is 10.1. The van der Waals surface area contributed by atoms with Gasteiger partial charge in [-0.15, -0.1) is 11.3 Å². The highest BCUT2D eigenvalue weighted by molar-refractivity contribution is 7.20. The van der Waals surface area contributed by atoms with E-state index in [4.69, 9.17) is 0 Å². The summed E-state index contributed by atoms with van der Waals surface area (Å²) < 4.78 is 1.14. The van der Waals surface area contributed by atoms with Gasteiger partial charge in [-0.05, 0) is 48.1 Å². The van der Waals surface area contributed by atoms with E-state index < -0.39 is 0 Å². The molecule has 1 fully saturated rings. The Morgan fingerprint density at radius 1 is 1.12 bits per heavy atom. The molecule has 2 aromatic carbocycles. The summed E-state index contributed by atoms with van der Waals surface area (Å²) in [6.45, 7) is 0.575. The van der Waals surface area contributed by atoms with Crippen LogP contribution < -0.4 is 5.32 Å². The molecule has 1 heterocycles. The van der Waals surface area contributed by atoms with Gasteiger partial charge in [0.2, 0.25) is 0 Å². The van der Waals surface area contributed by atoms with Crippen molar-refractivity contribution in [3.8, 4) is 0 Å². The average molecular weight is 364 g/mol. The third kappa shape index (κ3) is 3.35. The van der Waals surface area contributed by atoms with Crippen molar-refractivity contribution >= 4 is 33.2 Å². The highest BCUT2D eigenvalue weighted by Crippen LogP contribution is 2.33. The highest BCUT2D eigenvalue weighted by Gasteiger charge is 2.33. The second-order valence-corrected chi connectivity index (χ2v) is 7.67. The van der Waals surface area contributed by atoms with Crippen molar-refractivity contribution in [1.29, 1.82) is 0 Å². The quantitative estimate of drug-likeness (QED) is 0.742. The van der Waals surface area contributed by atoms with Crippen LogP contribution in [0.3, 0.4) is 0 Å². The minimum Gasteiger partial charge on any atom is -0.355 e. The molecule has 26 heavy (non-hydrogen) atoms. The van der Waals surface area contributed by atoms with Gasteiger partial charge in [-0.25, -0.2) is 0 Å². The summed E-state index contributed by atoms with van der Waals surface area (Å²) in [5.74, 6) is 0.000953. The summed E-state index contributed by atoms with van der Waals surface area (Å²) in [7, 11) is 1.62. The maximum absolute atomic E-state index is 13.1. The molecule has 132 valence electrons. The molecule has 2 amide bonds. The van der Waals surface area contributed by atoms with Crippen molar-refractivity contribution in [1.82, 2.24) is 10.2 Å². The first-order valence-corrected chi connectivity index (χ1v) is 9.58. The van der Waals surface area contributed by atoms with Gasteiger partial charge >= 0.3 is 0 Å². The van der Waals surface area contributed by atoms with Gasteiger partial charge in [0.15, 0.2) is 0 Å². The molecule has 1 N–H and O–H groups in total. The number of hydrogen-bond acceptors (Lipinski definition) is 3. The zero-order chi connectivity index (χ0) is 18.1. The lowest BCUT2D eigenvalue weighted by Crippen LogP contribution is -2.32. The molecular weight excluding hydrogens is 344 g/mol. The Labute approximate surface area is 156 Å². The third-order valence-corrected chi connectivity index (χ3v) is 5.79. The standard InChI is InChI=1S/C21H20N2O2S/c1-22-20(24)15-8-6-14(7-9-15)13-23(17-10-11-17)21(25)19-12-16-4-2-3-5-18(16)26-19/h2-9,12,17H,10-11,13H2,1H3,(H,22,24). The van der Waals surface area contributed by atoms with Gasteiger partial charge in [0, 0.05) is 29.9 Å². The summed E-state index contributed by atoms with van der Waals surface area (Å²) in [6, 6.07) is 17.9. The molecular formula is C21H20N2O2S. The normalized spacial score (nSPS) is 13.6. The van der Waals surface area contributed by atoms with E-state index >= 15 is 0 Å². The van der Waals surface area contributed by atoms with Crippen LogP contribution in [0.5, 0.6) is 0 Å². The van der Waals surface area contributed by atoms with Crippen molar-refractivity contribution < 1.29 is 9.59 Å². The minimum absolute atomic E-state index is 0.100. The molecule has 3 aromatic rings. The number of benzene rings is 2. The molecule has 1 saturated carbocycles. The van der Waals surface area contributed by atoms with Crippen molar-refractivity contribution in [2.24, 2.45) is 0 Å². The Kier molecular flexibility index (Phi) is 4.47. The SMILES string of the molecule is CNC(=O)c1ccc(CN(C(=O)c2cc3ccccc3s2)C2CC2)cc1. The van der Waals surface area contributed by atoms with Gasteiger partial charge < -0.3 is 10.2 Å². The number of nitrogens with zero attached hydrogens (tertiary/aromatic N) is 1. The first-order chi connectivity index (χ1) is 12.7. The van der Waals surface area contributed by atoms with E-state index in [0.29, 0.717) is 18.2 Å². The maximum atomic E-state index is 13.1. The van der Waals surface area contributed by atoms with E-state index in [1.807, 2.05) is 53.4 Å². The minimum atomic E-state index is -0.100. The molecule has 0 spiro atoms. The monoisotopic (exact) mass is 364 g/mol. The van der Waals surface area contributed by atoms with Crippen LogP contribution in [0.4, 0.5) is 0 Å². The molecule has 0 aliphatic heterocycles. The number of nitrogens with one attached hydrogen (secondary N) is 1. The van der Waals surface area contributed by atoms with E-state index in [2.05, 4.69) is 11.4 Å². The molecule has 0 bridgehead atoms. The van der Waals surface area contributed by atoms with Crippen LogP contribution in [0.15, 0.2) is 54.6 Å². The topological polar surface area (TPSA) is 49.4 Å². The second kappa shape index (κ2) is 6.92. The first kappa shape index (κ1) is 16.8. The number of fused-ring (bicyclic) bond motifs is 1. The van der Waals surface area contributed by atoms with E-state index in [9.17, 15) is 9.59 Å². The Hall–Kier alpha value is -2.66. The molecule has 1 aromatic heterocycles. The number of carbonyl (C=O) groups excluding carboxylic acids is 2. The first-order valence-electron chi connectivity index (χ1n) is 8.76. The number of carbonyl (C=O) groups is 2. The van der Waals surface area contributed by atoms with Crippen molar-refractivity contribution in [3.05, 3.63) is 70.6 Å². The number of hydrogen-bond donors (Lipinski definition) is 1. The smallest absolute Gasteiger partial charge is 0.264 e. The van der Waals surface area contributed by atoms with Crippen LogP contribution in [-0.4, -0.2) is 29.8 Å². The van der Waals surface area contributed by atoms with Gasteiger partial charge in [-0.3, -0.25) is 9.59 Å². The zero-order valence-electron chi connectivity index (χ0n) is 14.6. The molecule has 0 atom stereocenters. The van der Waals surface area contributed by atoms with Crippen LogP contribution in [0.1, 0.15) is 38.4 Å². The van der Waals surface area contributed by atoms with Gasteiger partial charge in [-0.1, -0.05) is 30.3 Å². The highest BCUT2D eigenvalue weighted by atomic mass is 32.1. The molecule has 0 saturated heterocycles. The van der Waals surface area contributed by atoms with Crippen LogP contribution in [0, 0.1) is 0 Å². The summed E-state index contributed by atoms with van der Waals surface area (Å²) >= 11 is 1.55. The van der Waals surface area contributed by atoms with Crippen LogP contribution >= 0.6 is 11.3 Å². The fraction of sp³-hybridized carbons (Fsp3) is 0.238. The number of rotatable bonds is 5. The molecule has 4 rings (SSSR count). The lowest BCUT2D eigenvalue weighted by Gasteiger charge is -2.22. The van der Waals surface area contributed by atoms with E-state index in [0.717, 1.165) is 33.4 Å². The molecule has 1 aliphatic rings. The fourth-order valence-electron chi connectivity index (χ4n) is 3.08. The van der Waals surface area contributed by atoms with Crippen molar-refractivity contribution in [2.75, 3.05) is 7.05 Å². The van der Waals surface area contributed by atoms with E-state index in [-0.39, 0.29) is 11.8 Å². The van der Waals surface area contributed by atoms with E-state index in [1.165, 1.54) is 0 Å². The van der Waals surface area contributed by atoms with Crippen LogP contribution in [0.25, 0.3) is 10.1 Å². The fourth-order valence-corrected chi connectivity index (χ4v) is 4.10. The molecule has 4 nitrogen and oxygen atoms in total. The summed E-state index contributed by atoms with van der Waals surface area (Å²) in [5, 5.41) is 3.74. The second-order valence-electron chi connectivity index (χ2n) is 6.59.